The Bertz CT molecular complexity index is 585. The molecule has 0 aliphatic carbocycles. The first-order valence-corrected chi connectivity index (χ1v) is 6.86. The van der Waals surface area contributed by atoms with Crippen molar-refractivity contribution in [3.05, 3.63) is 30.0 Å². The number of ketones is 1. The van der Waals surface area contributed by atoms with Gasteiger partial charge in [0.15, 0.2) is 0 Å². The highest BCUT2D eigenvalue weighted by atomic mass is 16.5. The minimum atomic E-state index is -0.0468. The van der Waals surface area contributed by atoms with Crippen LogP contribution >= 0.6 is 0 Å². The van der Waals surface area contributed by atoms with Crippen LogP contribution in [-0.2, 0) is 0 Å². The van der Waals surface area contributed by atoms with Crippen molar-refractivity contribution in [3.8, 4) is 0 Å². The maximum Gasteiger partial charge on any atom is 0.210 e. The van der Waals surface area contributed by atoms with Gasteiger partial charge in [0.2, 0.25) is 11.5 Å². The molecular weight excluding hydrogens is 240 g/mol. The molecule has 2 aromatic rings. The fourth-order valence-corrected chi connectivity index (χ4v) is 2.73. The van der Waals surface area contributed by atoms with Crippen LogP contribution in [0.15, 0.2) is 28.8 Å². The summed E-state index contributed by atoms with van der Waals surface area (Å²) >= 11 is 0. The van der Waals surface area contributed by atoms with Gasteiger partial charge in [-0.3, -0.25) is 4.79 Å². The van der Waals surface area contributed by atoms with E-state index in [1.54, 1.807) is 0 Å². The van der Waals surface area contributed by atoms with Crippen LogP contribution < -0.4 is 0 Å². The summed E-state index contributed by atoms with van der Waals surface area (Å²) in [6.07, 6.45) is 2.48. The van der Waals surface area contributed by atoms with Crippen molar-refractivity contribution >= 4 is 16.7 Å². The third kappa shape index (κ3) is 2.40. The summed E-state index contributed by atoms with van der Waals surface area (Å²) < 4.78 is 5.24. The topological polar surface area (TPSA) is 46.3 Å². The molecule has 3 rings (SSSR count). The largest absolute Gasteiger partial charge is 0.352 e. The second-order valence-corrected chi connectivity index (χ2v) is 5.30. The molecule has 2 heterocycles. The number of hydrogen-bond acceptors (Lipinski definition) is 4. The molecule has 0 amide bonds. The van der Waals surface area contributed by atoms with E-state index in [1.807, 2.05) is 31.2 Å². The zero-order chi connectivity index (χ0) is 13.2. The van der Waals surface area contributed by atoms with Gasteiger partial charge in [-0.1, -0.05) is 24.2 Å². The summed E-state index contributed by atoms with van der Waals surface area (Å²) in [5.41, 5.74) is 0.749. The SMILES string of the molecule is CC(CN1CCCC1)C(=O)c1onc2ccccc12. The molecule has 1 atom stereocenters. The molecule has 1 aliphatic heterocycles. The van der Waals surface area contributed by atoms with Gasteiger partial charge < -0.3 is 9.42 Å². The van der Waals surface area contributed by atoms with Crippen LogP contribution in [0.25, 0.3) is 10.9 Å². The Morgan fingerprint density at radius 2 is 2.11 bits per heavy atom. The zero-order valence-electron chi connectivity index (χ0n) is 11.1. The van der Waals surface area contributed by atoms with Gasteiger partial charge in [0.05, 0.1) is 5.39 Å². The van der Waals surface area contributed by atoms with Crippen molar-refractivity contribution in [2.24, 2.45) is 5.92 Å². The number of rotatable bonds is 4. The van der Waals surface area contributed by atoms with Crippen molar-refractivity contribution in [2.45, 2.75) is 19.8 Å². The summed E-state index contributed by atoms with van der Waals surface area (Å²) in [7, 11) is 0. The van der Waals surface area contributed by atoms with E-state index >= 15 is 0 Å². The molecule has 1 aromatic carbocycles. The Balaban J connectivity index is 1.78. The van der Waals surface area contributed by atoms with E-state index in [0.717, 1.165) is 30.5 Å². The van der Waals surface area contributed by atoms with Crippen molar-refractivity contribution in [3.63, 3.8) is 0 Å². The maximum atomic E-state index is 12.4. The lowest BCUT2D eigenvalue weighted by atomic mass is 10.0. The van der Waals surface area contributed by atoms with Crippen LogP contribution in [0.4, 0.5) is 0 Å². The first-order chi connectivity index (χ1) is 9.25. The molecule has 0 bridgehead atoms. The average molecular weight is 258 g/mol. The van der Waals surface area contributed by atoms with Gasteiger partial charge in [0.1, 0.15) is 5.52 Å². The highest BCUT2D eigenvalue weighted by Gasteiger charge is 2.25. The Kier molecular flexibility index (Phi) is 3.34. The number of hydrogen-bond donors (Lipinski definition) is 0. The molecule has 0 N–H and O–H groups in total. The van der Waals surface area contributed by atoms with Crippen LogP contribution in [0, 0.1) is 5.92 Å². The van der Waals surface area contributed by atoms with Gasteiger partial charge in [-0.2, -0.15) is 0 Å². The molecular formula is C15H18N2O2. The first kappa shape index (κ1) is 12.4. The molecule has 1 unspecified atom stereocenters. The van der Waals surface area contributed by atoms with Gasteiger partial charge in [-0.15, -0.1) is 0 Å². The molecule has 0 saturated carbocycles. The highest BCUT2D eigenvalue weighted by molar-refractivity contribution is 6.05. The number of fused-ring (bicyclic) bond motifs is 1. The van der Waals surface area contributed by atoms with Gasteiger partial charge in [-0.05, 0) is 38.1 Å². The number of likely N-dealkylation sites (tertiary alicyclic amines) is 1. The Morgan fingerprint density at radius 3 is 2.89 bits per heavy atom. The van der Waals surface area contributed by atoms with Crippen LogP contribution in [-0.4, -0.2) is 35.5 Å². The molecule has 4 nitrogen and oxygen atoms in total. The number of benzene rings is 1. The van der Waals surface area contributed by atoms with Crippen LogP contribution in [0.2, 0.25) is 0 Å². The predicted molar refractivity (Wildman–Crippen MR) is 73.2 cm³/mol. The molecule has 1 fully saturated rings. The minimum Gasteiger partial charge on any atom is -0.352 e. The van der Waals surface area contributed by atoms with E-state index in [2.05, 4.69) is 10.1 Å². The highest BCUT2D eigenvalue weighted by Crippen LogP contribution is 2.21. The lowest BCUT2D eigenvalue weighted by Crippen LogP contribution is -2.29. The summed E-state index contributed by atoms with van der Waals surface area (Å²) in [6, 6.07) is 7.55. The van der Waals surface area contributed by atoms with Crippen LogP contribution in [0.5, 0.6) is 0 Å². The first-order valence-electron chi connectivity index (χ1n) is 6.86. The van der Waals surface area contributed by atoms with Crippen LogP contribution in [0.3, 0.4) is 0 Å². The third-order valence-electron chi connectivity index (χ3n) is 3.79. The zero-order valence-corrected chi connectivity index (χ0v) is 11.1. The number of Topliss-reactive ketones (excluding diaryl/α,β-unsaturated/α-hetero) is 1. The van der Waals surface area contributed by atoms with E-state index in [-0.39, 0.29) is 11.7 Å². The van der Waals surface area contributed by atoms with Crippen LogP contribution in [0.1, 0.15) is 30.3 Å². The molecule has 19 heavy (non-hydrogen) atoms. The lowest BCUT2D eigenvalue weighted by Gasteiger charge is -2.18. The van der Waals surface area contributed by atoms with E-state index in [9.17, 15) is 4.79 Å². The fraction of sp³-hybridized carbons (Fsp3) is 0.467. The second kappa shape index (κ2) is 5.13. The molecule has 100 valence electrons. The monoisotopic (exact) mass is 258 g/mol. The second-order valence-electron chi connectivity index (χ2n) is 5.30. The van der Waals surface area contributed by atoms with Gasteiger partial charge in [-0.25, -0.2) is 0 Å². The standard InChI is InChI=1S/C15H18N2O2/c1-11(10-17-8-4-5-9-17)14(18)15-12-6-2-3-7-13(12)16-19-15/h2-3,6-7,11H,4-5,8-10H2,1H3. The quantitative estimate of drug-likeness (QED) is 0.791. The van der Waals surface area contributed by atoms with E-state index < -0.39 is 0 Å². The lowest BCUT2D eigenvalue weighted by molar-refractivity contribution is 0.0868. The Morgan fingerprint density at radius 1 is 1.37 bits per heavy atom. The average Bonchev–Trinajstić information content (AvgIpc) is 3.06. The molecule has 1 aromatic heterocycles. The van der Waals surface area contributed by atoms with E-state index in [4.69, 9.17) is 4.52 Å². The molecule has 4 heteroatoms. The Hall–Kier alpha value is -1.68. The smallest absolute Gasteiger partial charge is 0.210 e. The van der Waals surface area contributed by atoms with Gasteiger partial charge in [0, 0.05) is 12.5 Å². The third-order valence-corrected chi connectivity index (χ3v) is 3.79. The molecule has 0 radical (unpaired) electrons. The number of nitrogens with zero attached hydrogens (tertiary/aromatic N) is 2. The molecule has 1 aliphatic rings. The van der Waals surface area contributed by atoms with Gasteiger partial charge >= 0.3 is 0 Å². The van der Waals surface area contributed by atoms with E-state index in [0.29, 0.717) is 5.76 Å². The van der Waals surface area contributed by atoms with E-state index in [1.165, 1.54) is 12.8 Å². The summed E-state index contributed by atoms with van der Waals surface area (Å²) in [6.45, 7) is 5.00. The summed E-state index contributed by atoms with van der Waals surface area (Å²) in [5, 5.41) is 4.76. The molecule has 1 saturated heterocycles. The van der Waals surface area contributed by atoms with Crippen molar-refractivity contribution in [2.75, 3.05) is 19.6 Å². The number of carbonyl (C=O) groups excluding carboxylic acids is 1. The minimum absolute atomic E-state index is 0.0468. The normalized spacial score (nSPS) is 17.9. The maximum absolute atomic E-state index is 12.4. The summed E-state index contributed by atoms with van der Waals surface area (Å²) in [5.74, 6) is 0.414. The number of aromatic nitrogens is 1. The Labute approximate surface area is 112 Å². The predicted octanol–water partition coefficient (Wildman–Crippen LogP) is 2.74. The fourth-order valence-electron chi connectivity index (χ4n) is 2.73. The molecule has 0 spiro atoms. The summed E-state index contributed by atoms with van der Waals surface area (Å²) in [4.78, 5) is 14.8. The van der Waals surface area contributed by atoms with Crippen molar-refractivity contribution in [1.29, 1.82) is 0 Å². The van der Waals surface area contributed by atoms with Gasteiger partial charge in [0.25, 0.3) is 0 Å². The number of carbonyl (C=O) groups is 1. The van der Waals surface area contributed by atoms with Crippen molar-refractivity contribution < 1.29 is 9.32 Å². The van der Waals surface area contributed by atoms with Crippen molar-refractivity contribution in [1.82, 2.24) is 10.1 Å².